The number of carboxylic acids is 2. The lowest BCUT2D eigenvalue weighted by Crippen LogP contribution is -2.17. The fourth-order valence-corrected chi connectivity index (χ4v) is 4.53. The van der Waals surface area contributed by atoms with Gasteiger partial charge in [0.2, 0.25) is 0 Å². The molecule has 0 aliphatic carbocycles. The molecule has 0 aliphatic rings. The first-order valence-corrected chi connectivity index (χ1v) is 14.5. The van der Waals surface area contributed by atoms with Crippen molar-refractivity contribution in [3.63, 3.8) is 0 Å². The molecule has 2 aromatic carbocycles. The maximum Gasteiger partial charge on any atom is 0.328 e. The number of benzene rings is 2. The molecular weight excluding hydrogens is 534 g/mol. The fraction of sp³-hybridized carbons (Fsp3) is 0.424. The molecule has 5 N–H and O–H groups in total. The Bertz CT molecular complexity index is 1260. The van der Waals surface area contributed by atoms with Crippen LogP contribution in [-0.4, -0.2) is 53.4 Å². The van der Waals surface area contributed by atoms with Gasteiger partial charge >= 0.3 is 11.9 Å². The lowest BCUT2D eigenvalue weighted by Gasteiger charge is -2.20. The summed E-state index contributed by atoms with van der Waals surface area (Å²) < 4.78 is 12.1. The zero-order valence-corrected chi connectivity index (χ0v) is 25.0. The fourth-order valence-electron chi connectivity index (χ4n) is 4.53. The maximum atomic E-state index is 9.55. The van der Waals surface area contributed by atoms with E-state index in [1.807, 2.05) is 18.3 Å². The minimum Gasteiger partial charge on any atom is -0.493 e. The first-order chi connectivity index (χ1) is 20.3. The summed E-state index contributed by atoms with van der Waals surface area (Å²) >= 11 is 0. The van der Waals surface area contributed by atoms with Crippen LogP contribution in [0.25, 0.3) is 10.9 Å². The van der Waals surface area contributed by atoms with Gasteiger partial charge in [0.25, 0.3) is 0 Å². The van der Waals surface area contributed by atoms with Gasteiger partial charge in [-0.1, -0.05) is 49.6 Å². The summed E-state index contributed by atoms with van der Waals surface area (Å²) in [6.45, 7) is 5.66. The van der Waals surface area contributed by atoms with Gasteiger partial charge in [-0.3, -0.25) is 4.98 Å². The largest absolute Gasteiger partial charge is 0.493 e. The van der Waals surface area contributed by atoms with Gasteiger partial charge in [0, 0.05) is 30.5 Å². The Labute approximate surface area is 248 Å². The van der Waals surface area contributed by atoms with Gasteiger partial charge in [0.05, 0.1) is 30.3 Å². The second-order valence-electron chi connectivity index (χ2n) is 10.1. The van der Waals surface area contributed by atoms with Crippen molar-refractivity contribution in [2.75, 3.05) is 25.6 Å². The van der Waals surface area contributed by atoms with Crippen molar-refractivity contribution in [3.8, 4) is 11.5 Å². The lowest BCUT2D eigenvalue weighted by molar-refractivity contribution is -0.134. The number of aryl methyl sites for hydroxylation is 2. The quantitative estimate of drug-likeness (QED) is 0.106. The van der Waals surface area contributed by atoms with Gasteiger partial charge in [0.15, 0.2) is 11.5 Å². The Hall–Kier alpha value is -4.11. The number of fused-ring (bicyclic) bond motifs is 1. The number of nitrogens with two attached hydrogens (primary N) is 1. The number of hydrogen-bond donors (Lipinski definition) is 4. The maximum absolute atomic E-state index is 9.55. The number of methoxy groups -OCH3 is 1. The molecule has 1 heterocycles. The van der Waals surface area contributed by atoms with E-state index in [0.717, 1.165) is 59.3 Å². The minimum atomic E-state index is -1.26. The molecule has 42 heavy (non-hydrogen) atoms. The van der Waals surface area contributed by atoms with Gasteiger partial charge in [0.1, 0.15) is 0 Å². The van der Waals surface area contributed by atoms with Crippen LogP contribution >= 0.6 is 0 Å². The highest BCUT2D eigenvalue weighted by Gasteiger charge is 2.18. The molecular formula is C33H45N3O6. The number of anilines is 1. The van der Waals surface area contributed by atoms with E-state index >= 15 is 0 Å². The van der Waals surface area contributed by atoms with Crippen molar-refractivity contribution in [1.29, 1.82) is 0 Å². The van der Waals surface area contributed by atoms with Crippen molar-refractivity contribution < 1.29 is 29.3 Å². The zero-order chi connectivity index (χ0) is 30.7. The number of rotatable bonds is 17. The summed E-state index contributed by atoms with van der Waals surface area (Å²) in [4.78, 5) is 23.8. The van der Waals surface area contributed by atoms with E-state index in [2.05, 4.69) is 49.5 Å². The number of carbonyl (C=O) groups is 2. The monoisotopic (exact) mass is 579 g/mol. The molecule has 1 aromatic heterocycles. The van der Waals surface area contributed by atoms with Gasteiger partial charge in [-0.15, -0.1) is 0 Å². The van der Waals surface area contributed by atoms with E-state index in [4.69, 9.17) is 30.4 Å². The van der Waals surface area contributed by atoms with Gasteiger partial charge in [-0.25, -0.2) is 9.59 Å². The van der Waals surface area contributed by atoms with E-state index in [-0.39, 0.29) is 0 Å². The van der Waals surface area contributed by atoms with Gasteiger partial charge in [-0.05, 0) is 69.7 Å². The summed E-state index contributed by atoms with van der Waals surface area (Å²) in [7, 11) is 1.70. The molecule has 9 nitrogen and oxygen atoms in total. The second-order valence-corrected chi connectivity index (χ2v) is 10.1. The Morgan fingerprint density at radius 2 is 1.67 bits per heavy atom. The number of unbranched alkanes of at least 4 members (excludes halogenated alkanes) is 4. The van der Waals surface area contributed by atoms with Gasteiger partial charge in [-0.2, -0.15) is 0 Å². The molecule has 0 aliphatic heterocycles. The van der Waals surface area contributed by atoms with Crippen LogP contribution < -0.4 is 20.5 Å². The molecule has 1 atom stereocenters. The van der Waals surface area contributed by atoms with Crippen molar-refractivity contribution >= 4 is 28.5 Å². The Morgan fingerprint density at radius 1 is 1.00 bits per heavy atom. The molecule has 0 saturated carbocycles. The van der Waals surface area contributed by atoms with Crippen molar-refractivity contribution in [2.24, 2.45) is 5.73 Å². The first kappa shape index (κ1) is 34.1. The number of aliphatic carboxylic acids is 2. The number of aromatic nitrogens is 1. The number of pyridine rings is 1. The van der Waals surface area contributed by atoms with Crippen LogP contribution in [-0.2, 0) is 16.0 Å². The predicted molar refractivity (Wildman–Crippen MR) is 168 cm³/mol. The van der Waals surface area contributed by atoms with Crippen LogP contribution in [0.3, 0.4) is 0 Å². The SMILES string of the molecule is COc1cc(NC(C)CCCN)c2nccc(C)c2c1OCCCCCCCc1ccccc1.O=C(O)C=CC(=O)O. The standard InChI is InChI=1S/C29H41N3O2.C4H4O4/c1-22-17-19-31-28-25(32-23(2)13-12-18-30)21-26(33-3)29(27(22)28)34-20-11-6-4-5-8-14-24-15-9-7-10-16-24;5-3(6)1-2-4(7)8/h7,9-10,15-17,19,21,23,32H,4-6,8,11-14,18,20,30H2,1-3H3;1-2H,(H,5,6)(H,7,8). The number of nitrogens with zero attached hydrogens (tertiary/aromatic N) is 1. The molecule has 0 bridgehead atoms. The summed E-state index contributed by atoms with van der Waals surface area (Å²) in [5, 5.41) is 20.3. The van der Waals surface area contributed by atoms with E-state index in [9.17, 15) is 9.59 Å². The Morgan fingerprint density at radius 3 is 2.31 bits per heavy atom. The third-order valence-electron chi connectivity index (χ3n) is 6.67. The zero-order valence-electron chi connectivity index (χ0n) is 25.0. The topological polar surface area (TPSA) is 144 Å². The molecule has 1 unspecified atom stereocenters. The summed E-state index contributed by atoms with van der Waals surface area (Å²) in [5.74, 6) is -0.966. The molecule has 0 spiro atoms. The minimum absolute atomic E-state index is 0.299. The average Bonchev–Trinajstić information content (AvgIpc) is 2.98. The van der Waals surface area contributed by atoms with Crippen molar-refractivity contribution in [3.05, 3.63) is 71.9 Å². The molecule has 228 valence electrons. The van der Waals surface area contributed by atoms with Crippen molar-refractivity contribution in [2.45, 2.75) is 71.3 Å². The Balaban J connectivity index is 0.000000675. The summed E-state index contributed by atoms with van der Waals surface area (Å²) in [6, 6.07) is 15.1. The number of hydrogen-bond acceptors (Lipinski definition) is 7. The molecule has 0 radical (unpaired) electrons. The summed E-state index contributed by atoms with van der Waals surface area (Å²) in [6.07, 6.45) is 12.1. The molecule has 3 rings (SSSR count). The van der Waals surface area contributed by atoms with Crippen LogP contribution in [0.1, 0.15) is 63.0 Å². The van der Waals surface area contributed by atoms with Crippen LogP contribution in [0.15, 0.2) is 60.8 Å². The van der Waals surface area contributed by atoms with E-state index < -0.39 is 11.9 Å². The van der Waals surface area contributed by atoms with Gasteiger partial charge < -0.3 is 30.7 Å². The van der Waals surface area contributed by atoms with Crippen LogP contribution in [0, 0.1) is 6.92 Å². The third kappa shape index (κ3) is 12.2. The second kappa shape index (κ2) is 19.1. The Kier molecular flexibility index (Phi) is 15.5. The predicted octanol–water partition coefficient (Wildman–Crippen LogP) is 6.37. The van der Waals surface area contributed by atoms with Crippen LogP contribution in [0.5, 0.6) is 11.5 Å². The highest BCUT2D eigenvalue weighted by Crippen LogP contribution is 2.41. The molecule has 3 aromatic rings. The molecule has 0 fully saturated rings. The smallest absolute Gasteiger partial charge is 0.328 e. The highest BCUT2D eigenvalue weighted by atomic mass is 16.5. The number of ether oxygens (including phenoxy) is 2. The van der Waals surface area contributed by atoms with Crippen LogP contribution in [0.4, 0.5) is 5.69 Å². The number of nitrogens with one attached hydrogen (secondary N) is 1. The van der Waals surface area contributed by atoms with Crippen LogP contribution in [0.2, 0.25) is 0 Å². The average molecular weight is 580 g/mol. The normalized spacial score (nSPS) is 11.5. The van der Waals surface area contributed by atoms with E-state index in [0.29, 0.717) is 31.3 Å². The van der Waals surface area contributed by atoms with E-state index in [1.165, 1.54) is 31.2 Å². The highest BCUT2D eigenvalue weighted by molar-refractivity contribution is 5.99. The third-order valence-corrected chi connectivity index (χ3v) is 6.67. The summed E-state index contributed by atoms with van der Waals surface area (Å²) in [5.41, 5.74) is 10.2. The molecule has 0 saturated heterocycles. The number of carboxylic acid groups (broad SMARTS) is 2. The van der Waals surface area contributed by atoms with E-state index in [1.54, 1.807) is 7.11 Å². The molecule has 9 heteroatoms. The first-order valence-electron chi connectivity index (χ1n) is 14.5. The molecule has 0 amide bonds. The lowest BCUT2D eigenvalue weighted by atomic mass is 10.1. The van der Waals surface area contributed by atoms with Crippen molar-refractivity contribution in [1.82, 2.24) is 4.98 Å².